The number of methoxy groups -OCH3 is 1. The SMILES string of the molecule is CCNC(=NCCCN1CCCC(C(N)=O)C1)NCCOC. The summed E-state index contributed by atoms with van der Waals surface area (Å²) in [6.45, 7) is 7.87. The van der Waals surface area contributed by atoms with Crippen molar-refractivity contribution in [1.82, 2.24) is 15.5 Å². The van der Waals surface area contributed by atoms with E-state index >= 15 is 0 Å². The smallest absolute Gasteiger partial charge is 0.221 e. The van der Waals surface area contributed by atoms with Crippen LogP contribution in [0.3, 0.4) is 0 Å². The van der Waals surface area contributed by atoms with E-state index in [1.54, 1.807) is 7.11 Å². The van der Waals surface area contributed by atoms with E-state index in [0.29, 0.717) is 6.61 Å². The molecular formula is C15H31N5O2. The molecule has 1 heterocycles. The highest BCUT2D eigenvalue weighted by Crippen LogP contribution is 2.15. The van der Waals surface area contributed by atoms with E-state index in [1.807, 2.05) is 6.92 Å². The number of rotatable bonds is 9. The number of primary amides is 1. The second-order valence-corrected chi connectivity index (χ2v) is 5.58. The molecule has 1 fully saturated rings. The van der Waals surface area contributed by atoms with Crippen molar-refractivity contribution in [2.24, 2.45) is 16.6 Å². The lowest BCUT2D eigenvalue weighted by Crippen LogP contribution is -2.41. The summed E-state index contributed by atoms with van der Waals surface area (Å²) in [7, 11) is 1.68. The molecule has 1 atom stereocenters. The first-order chi connectivity index (χ1) is 10.7. The lowest BCUT2D eigenvalue weighted by molar-refractivity contribution is -0.123. The highest BCUT2D eigenvalue weighted by molar-refractivity contribution is 5.79. The third-order valence-electron chi connectivity index (χ3n) is 3.75. The molecule has 0 aromatic rings. The van der Waals surface area contributed by atoms with E-state index in [4.69, 9.17) is 10.5 Å². The fraction of sp³-hybridized carbons (Fsp3) is 0.867. The van der Waals surface area contributed by atoms with Gasteiger partial charge >= 0.3 is 0 Å². The Morgan fingerprint density at radius 1 is 1.45 bits per heavy atom. The highest BCUT2D eigenvalue weighted by atomic mass is 16.5. The molecule has 1 unspecified atom stereocenters. The topological polar surface area (TPSA) is 92.0 Å². The second kappa shape index (κ2) is 11.3. The third-order valence-corrected chi connectivity index (χ3v) is 3.75. The lowest BCUT2D eigenvalue weighted by atomic mass is 9.97. The molecule has 1 aliphatic rings. The van der Waals surface area contributed by atoms with Gasteiger partial charge in [0, 0.05) is 33.3 Å². The third kappa shape index (κ3) is 7.61. The van der Waals surface area contributed by atoms with Crippen LogP contribution in [0.2, 0.25) is 0 Å². The summed E-state index contributed by atoms with van der Waals surface area (Å²) < 4.78 is 5.02. The fourth-order valence-electron chi connectivity index (χ4n) is 2.59. The normalized spacial score (nSPS) is 19.9. The number of nitrogens with zero attached hydrogens (tertiary/aromatic N) is 2. The molecule has 1 saturated heterocycles. The van der Waals surface area contributed by atoms with Gasteiger partial charge in [-0.05, 0) is 39.3 Å². The molecule has 0 saturated carbocycles. The zero-order chi connectivity index (χ0) is 16.2. The average molecular weight is 313 g/mol. The Kier molecular flexibility index (Phi) is 9.57. The van der Waals surface area contributed by atoms with Crippen LogP contribution in [0.25, 0.3) is 0 Å². The first kappa shape index (κ1) is 18.7. The van der Waals surface area contributed by atoms with Crippen molar-refractivity contribution < 1.29 is 9.53 Å². The van der Waals surface area contributed by atoms with Crippen molar-refractivity contribution in [2.45, 2.75) is 26.2 Å². The van der Waals surface area contributed by atoms with Crippen LogP contribution >= 0.6 is 0 Å². The zero-order valence-electron chi connectivity index (χ0n) is 13.9. The molecule has 1 amide bonds. The zero-order valence-corrected chi connectivity index (χ0v) is 13.9. The number of likely N-dealkylation sites (tertiary alicyclic amines) is 1. The number of ether oxygens (including phenoxy) is 1. The number of piperidine rings is 1. The molecule has 0 aliphatic carbocycles. The van der Waals surface area contributed by atoms with Gasteiger partial charge in [0.25, 0.3) is 0 Å². The molecule has 0 spiro atoms. The molecule has 22 heavy (non-hydrogen) atoms. The number of amides is 1. The van der Waals surface area contributed by atoms with E-state index in [2.05, 4.69) is 20.5 Å². The standard InChI is InChI=1S/C15H31N5O2/c1-3-17-15(19-8-11-22-2)18-7-5-10-20-9-4-6-13(12-20)14(16)21/h13H,3-12H2,1-2H3,(H2,16,21)(H2,17,18,19). The monoisotopic (exact) mass is 313 g/mol. The van der Waals surface area contributed by atoms with E-state index in [0.717, 1.165) is 64.5 Å². The van der Waals surface area contributed by atoms with Crippen LogP contribution in [0, 0.1) is 5.92 Å². The predicted molar refractivity (Wildman–Crippen MR) is 88.8 cm³/mol. The predicted octanol–water partition coefficient (Wildman–Crippen LogP) is -0.225. The van der Waals surface area contributed by atoms with Crippen LogP contribution in [0.1, 0.15) is 26.2 Å². The van der Waals surface area contributed by atoms with Crippen molar-refractivity contribution in [3.05, 3.63) is 0 Å². The quantitative estimate of drug-likeness (QED) is 0.311. The summed E-state index contributed by atoms with van der Waals surface area (Å²) in [6, 6.07) is 0. The molecule has 0 aromatic carbocycles. The maximum Gasteiger partial charge on any atom is 0.221 e. The van der Waals surface area contributed by atoms with Crippen LogP contribution in [-0.2, 0) is 9.53 Å². The fourth-order valence-corrected chi connectivity index (χ4v) is 2.59. The average Bonchev–Trinajstić information content (AvgIpc) is 2.52. The van der Waals surface area contributed by atoms with Crippen molar-refractivity contribution in [3.63, 3.8) is 0 Å². The van der Waals surface area contributed by atoms with Gasteiger partial charge in [-0.1, -0.05) is 0 Å². The minimum Gasteiger partial charge on any atom is -0.383 e. The number of carbonyl (C=O) groups excluding carboxylic acids is 1. The van der Waals surface area contributed by atoms with Crippen LogP contribution in [0.4, 0.5) is 0 Å². The molecule has 0 aromatic heterocycles. The van der Waals surface area contributed by atoms with Crippen LogP contribution < -0.4 is 16.4 Å². The van der Waals surface area contributed by atoms with Gasteiger partial charge in [0.05, 0.1) is 12.5 Å². The summed E-state index contributed by atoms with van der Waals surface area (Å²) in [5.41, 5.74) is 5.40. The van der Waals surface area contributed by atoms with E-state index in [9.17, 15) is 4.79 Å². The largest absolute Gasteiger partial charge is 0.383 e. The minimum atomic E-state index is -0.167. The summed E-state index contributed by atoms with van der Waals surface area (Å²) in [6.07, 6.45) is 2.96. The lowest BCUT2D eigenvalue weighted by Gasteiger charge is -2.30. The van der Waals surface area contributed by atoms with Gasteiger partial charge in [0.15, 0.2) is 5.96 Å². The Bertz CT molecular complexity index is 349. The van der Waals surface area contributed by atoms with Crippen molar-refractivity contribution in [1.29, 1.82) is 0 Å². The number of nitrogens with two attached hydrogens (primary N) is 1. The molecule has 7 nitrogen and oxygen atoms in total. The summed E-state index contributed by atoms with van der Waals surface area (Å²) in [5.74, 6) is 0.679. The van der Waals surface area contributed by atoms with E-state index < -0.39 is 0 Å². The van der Waals surface area contributed by atoms with Crippen molar-refractivity contribution in [3.8, 4) is 0 Å². The Hall–Kier alpha value is -1.34. The van der Waals surface area contributed by atoms with E-state index in [-0.39, 0.29) is 11.8 Å². The van der Waals surface area contributed by atoms with Gasteiger partial charge in [0.2, 0.25) is 5.91 Å². The highest BCUT2D eigenvalue weighted by Gasteiger charge is 2.23. The number of hydrogen-bond acceptors (Lipinski definition) is 4. The number of aliphatic imine (C=N–C) groups is 1. The maximum absolute atomic E-state index is 11.3. The Balaban J connectivity index is 2.25. The van der Waals surface area contributed by atoms with Crippen molar-refractivity contribution in [2.75, 3.05) is 53.0 Å². The number of guanidine groups is 1. The maximum atomic E-state index is 11.3. The summed E-state index contributed by atoms with van der Waals surface area (Å²) in [4.78, 5) is 18.1. The molecule has 0 radical (unpaired) electrons. The van der Waals surface area contributed by atoms with Crippen LogP contribution in [0.15, 0.2) is 4.99 Å². The Morgan fingerprint density at radius 3 is 2.95 bits per heavy atom. The van der Waals surface area contributed by atoms with Crippen molar-refractivity contribution >= 4 is 11.9 Å². The number of nitrogens with one attached hydrogen (secondary N) is 2. The molecule has 128 valence electrons. The molecule has 1 rings (SSSR count). The minimum absolute atomic E-state index is 0.0188. The first-order valence-electron chi connectivity index (χ1n) is 8.20. The van der Waals surface area contributed by atoms with Gasteiger partial charge < -0.3 is 26.0 Å². The van der Waals surface area contributed by atoms with Gasteiger partial charge in [-0.2, -0.15) is 0 Å². The molecular weight excluding hydrogens is 282 g/mol. The Labute approximate surface area is 133 Å². The van der Waals surface area contributed by atoms with Gasteiger partial charge in [0.1, 0.15) is 0 Å². The number of hydrogen-bond donors (Lipinski definition) is 3. The summed E-state index contributed by atoms with van der Waals surface area (Å²) in [5, 5.41) is 6.43. The molecule has 0 bridgehead atoms. The summed E-state index contributed by atoms with van der Waals surface area (Å²) >= 11 is 0. The molecule has 1 aliphatic heterocycles. The molecule has 7 heteroatoms. The van der Waals surface area contributed by atoms with Gasteiger partial charge in [-0.25, -0.2) is 0 Å². The molecule has 4 N–H and O–H groups in total. The first-order valence-corrected chi connectivity index (χ1v) is 8.20. The van der Waals surface area contributed by atoms with Crippen LogP contribution in [-0.4, -0.2) is 69.8 Å². The number of carbonyl (C=O) groups is 1. The van der Waals surface area contributed by atoms with Gasteiger partial charge in [-0.15, -0.1) is 0 Å². The Morgan fingerprint density at radius 2 is 2.27 bits per heavy atom. The van der Waals surface area contributed by atoms with Crippen LogP contribution in [0.5, 0.6) is 0 Å². The second-order valence-electron chi connectivity index (χ2n) is 5.58. The van der Waals surface area contributed by atoms with E-state index in [1.165, 1.54) is 0 Å². The van der Waals surface area contributed by atoms with Gasteiger partial charge in [-0.3, -0.25) is 9.79 Å².